The Morgan fingerprint density at radius 3 is 2.88 bits per heavy atom. The van der Waals surface area contributed by atoms with Crippen molar-refractivity contribution in [2.24, 2.45) is 5.92 Å². The molecular formula is C17H21N3O5. The number of hydrogen-bond acceptors (Lipinski definition) is 6. The highest BCUT2D eigenvalue weighted by Crippen LogP contribution is 2.34. The lowest BCUT2D eigenvalue weighted by atomic mass is 9.91. The lowest BCUT2D eigenvalue weighted by Crippen LogP contribution is -2.60. The maximum Gasteiger partial charge on any atom is 0.265 e. The Hall–Kier alpha value is -2.61. The van der Waals surface area contributed by atoms with Crippen LogP contribution in [0, 0.1) is 5.92 Å². The van der Waals surface area contributed by atoms with E-state index in [2.05, 4.69) is 10.3 Å². The van der Waals surface area contributed by atoms with Crippen LogP contribution in [-0.4, -0.2) is 27.7 Å². The van der Waals surface area contributed by atoms with Crippen molar-refractivity contribution < 1.29 is 19.4 Å². The molecule has 134 valence electrons. The highest BCUT2D eigenvalue weighted by atomic mass is 16.5. The number of nitrogens with one attached hydrogen (secondary N) is 1. The van der Waals surface area contributed by atoms with Crippen LogP contribution in [-0.2, 0) is 15.3 Å². The van der Waals surface area contributed by atoms with Gasteiger partial charge in [0.25, 0.3) is 5.56 Å². The minimum Gasteiger partial charge on any atom is -0.497 e. The Morgan fingerprint density at radius 1 is 1.52 bits per heavy atom. The SMILES string of the molecule is CCC(C)[C@]1(O)NC(=O)[C@@H](C)n2c1nc1c(c2=O)C=C(OC)C=CO1. The molecule has 1 amide bonds. The summed E-state index contributed by atoms with van der Waals surface area (Å²) in [5, 5.41) is 13.7. The van der Waals surface area contributed by atoms with Gasteiger partial charge in [0.1, 0.15) is 17.4 Å². The molecule has 8 nitrogen and oxygen atoms in total. The largest absolute Gasteiger partial charge is 0.497 e. The van der Waals surface area contributed by atoms with Crippen molar-refractivity contribution in [2.45, 2.75) is 39.0 Å². The highest BCUT2D eigenvalue weighted by molar-refractivity contribution is 5.82. The maximum atomic E-state index is 13.1. The van der Waals surface area contributed by atoms with E-state index in [9.17, 15) is 14.7 Å². The molecule has 1 aromatic heterocycles. The lowest BCUT2D eigenvalue weighted by molar-refractivity contribution is -0.144. The van der Waals surface area contributed by atoms with E-state index in [0.717, 1.165) is 0 Å². The van der Waals surface area contributed by atoms with E-state index in [-0.39, 0.29) is 23.2 Å². The summed E-state index contributed by atoms with van der Waals surface area (Å²) in [5.41, 5.74) is -2.05. The molecule has 0 saturated carbocycles. The normalized spacial score (nSPS) is 25.7. The number of hydrogen-bond donors (Lipinski definition) is 2. The number of methoxy groups -OCH3 is 1. The number of aromatic nitrogens is 2. The molecule has 25 heavy (non-hydrogen) atoms. The molecule has 8 heteroatoms. The highest BCUT2D eigenvalue weighted by Gasteiger charge is 2.47. The van der Waals surface area contributed by atoms with Crippen LogP contribution in [0.5, 0.6) is 5.88 Å². The van der Waals surface area contributed by atoms with Gasteiger partial charge in [0.05, 0.1) is 13.4 Å². The van der Waals surface area contributed by atoms with Crippen LogP contribution in [0.15, 0.2) is 22.9 Å². The van der Waals surface area contributed by atoms with Crippen molar-refractivity contribution in [3.8, 4) is 5.88 Å². The summed E-state index contributed by atoms with van der Waals surface area (Å²) < 4.78 is 11.8. The first-order valence-corrected chi connectivity index (χ1v) is 8.13. The number of carbonyl (C=O) groups excluding carboxylic acids is 1. The van der Waals surface area contributed by atoms with Gasteiger partial charge in [0, 0.05) is 12.0 Å². The summed E-state index contributed by atoms with van der Waals surface area (Å²) >= 11 is 0. The van der Waals surface area contributed by atoms with E-state index in [1.807, 2.05) is 6.92 Å². The number of carbonyl (C=O) groups is 1. The van der Waals surface area contributed by atoms with Crippen LogP contribution < -0.4 is 15.6 Å². The zero-order valence-electron chi connectivity index (χ0n) is 14.6. The van der Waals surface area contributed by atoms with E-state index in [1.165, 1.54) is 24.0 Å². The molecule has 3 rings (SSSR count). The van der Waals surface area contributed by atoms with Gasteiger partial charge in [-0.25, -0.2) is 0 Å². The first-order valence-electron chi connectivity index (χ1n) is 8.13. The average Bonchev–Trinajstić information content (AvgIpc) is 2.81. The fourth-order valence-corrected chi connectivity index (χ4v) is 2.96. The summed E-state index contributed by atoms with van der Waals surface area (Å²) in [6, 6.07) is -0.805. The Balaban J connectivity index is 2.32. The van der Waals surface area contributed by atoms with Crippen molar-refractivity contribution >= 4 is 12.0 Å². The molecule has 0 spiro atoms. The molecule has 0 saturated heterocycles. The van der Waals surface area contributed by atoms with Crippen molar-refractivity contribution in [3.05, 3.63) is 39.8 Å². The maximum absolute atomic E-state index is 13.1. The van der Waals surface area contributed by atoms with Gasteiger partial charge < -0.3 is 19.9 Å². The molecule has 2 N–H and O–H groups in total. The van der Waals surface area contributed by atoms with E-state index in [0.29, 0.717) is 12.2 Å². The standard InChI is InChI=1S/C17H21N3O5/c1-5-9(2)17(23)16-18-14-12(8-11(24-4)6-7-25-14)15(22)20(16)10(3)13(21)19-17/h6-10,23H,5H2,1-4H3,(H,19,21)/t9?,10-,17-/m1/s1. The molecule has 1 aromatic rings. The molecule has 2 aliphatic rings. The number of nitrogens with zero attached hydrogens (tertiary/aromatic N) is 2. The summed E-state index contributed by atoms with van der Waals surface area (Å²) in [4.78, 5) is 29.8. The van der Waals surface area contributed by atoms with E-state index in [4.69, 9.17) is 9.47 Å². The van der Waals surface area contributed by atoms with Crippen LogP contribution in [0.2, 0.25) is 0 Å². The van der Waals surface area contributed by atoms with Gasteiger partial charge >= 0.3 is 0 Å². The van der Waals surface area contributed by atoms with Crippen LogP contribution in [0.25, 0.3) is 6.08 Å². The van der Waals surface area contributed by atoms with Crippen molar-refractivity contribution in [1.29, 1.82) is 0 Å². The van der Waals surface area contributed by atoms with Crippen molar-refractivity contribution in [2.75, 3.05) is 7.11 Å². The summed E-state index contributed by atoms with van der Waals surface area (Å²) in [6.07, 6.45) is 4.99. The third-order valence-corrected chi connectivity index (χ3v) is 4.80. The van der Waals surface area contributed by atoms with Gasteiger partial charge in [-0.15, -0.1) is 0 Å². The fourth-order valence-electron chi connectivity index (χ4n) is 2.96. The van der Waals surface area contributed by atoms with Crippen LogP contribution in [0.4, 0.5) is 0 Å². The number of rotatable bonds is 3. The fraction of sp³-hybridized carbons (Fsp3) is 0.471. The number of allylic oxidation sites excluding steroid dienone is 1. The molecule has 3 atom stereocenters. The first-order chi connectivity index (χ1) is 11.8. The lowest BCUT2D eigenvalue weighted by Gasteiger charge is -2.40. The van der Waals surface area contributed by atoms with Gasteiger partial charge in [0.15, 0.2) is 5.82 Å². The molecule has 0 aliphatic carbocycles. The molecular weight excluding hydrogens is 326 g/mol. The first kappa shape index (κ1) is 17.2. The molecule has 2 aliphatic heterocycles. The minimum absolute atomic E-state index is 0.0598. The quantitative estimate of drug-likeness (QED) is 0.846. The van der Waals surface area contributed by atoms with E-state index >= 15 is 0 Å². The molecule has 0 bridgehead atoms. The Bertz CT molecular complexity index is 841. The zero-order chi connectivity index (χ0) is 18.4. The van der Waals surface area contributed by atoms with Gasteiger partial charge in [-0.05, 0) is 19.4 Å². The second-order valence-corrected chi connectivity index (χ2v) is 6.24. The van der Waals surface area contributed by atoms with Gasteiger partial charge in [-0.3, -0.25) is 14.2 Å². The number of aliphatic hydroxyl groups is 1. The van der Waals surface area contributed by atoms with Gasteiger partial charge in [-0.1, -0.05) is 13.8 Å². The second kappa shape index (κ2) is 6.03. The second-order valence-electron chi connectivity index (χ2n) is 6.24. The summed E-state index contributed by atoms with van der Waals surface area (Å²) in [6.45, 7) is 5.24. The zero-order valence-corrected chi connectivity index (χ0v) is 14.6. The van der Waals surface area contributed by atoms with Crippen LogP contribution in [0.1, 0.15) is 44.6 Å². The molecule has 0 radical (unpaired) electrons. The molecule has 0 fully saturated rings. The van der Waals surface area contributed by atoms with E-state index in [1.54, 1.807) is 19.9 Å². The van der Waals surface area contributed by atoms with Gasteiger partial charge in [-0.2, -0.15) is 4.98 Å². The van der Waals surface area contributed by atoms with Gasteiger partial charge in [0.2, 0.25) is 17.5 Å². The van der Waals surface area contributed by atoms with Crippen LogP contribution in [0.3, 0.4) is 0 Å². The number of ether oxygens (including phenoxy) is 2. The molecule has 0 aromatic carbocycles. The summed E-state index contributed by atoms with van der Waals surface area (Å²) in [7, 11) is 1.47. The third kappa shape index (κ3) is 2.53. The average molecular weight is 347 g/mol. The monoisotopic (exact) mass is 347 g/mol. The van der Waals surface area contributed by atoms with Crippen molar-refractivity contribution in [3.63, 3.8) is 0 Å². The Labute approximate surface area is 144 Å². The molecule has 3 heterocycles. The molecule has 1 unspecified atom stereocenters. The topological polar surface area (TPSA) is 103 Å². The Morgan fingerprint density at radius 2 is 2.24 bits per heavy atom. The van der Waals surface area contributed by atoms with Crippen molar-refractivity contribution in [1.82, 2.24) is 14.9 Å². The predicted octanol–water partition coefficient (Wildman–Crippen LogP) is 1.02. The third-order valence-electron chi connectivity index (χ3n) is 4.80. The summed E-state index contributed by atoms with van der Waals surface area (Å²) in [5.74, 6) is -0.248. The smallest absolute Gasteiger partial charge is 0.265 e. The Kier molecular flexibility index (Phi) is 4.16. The van der Waals surface area contributed by atoms with Crippen LogP contribution >= 0.6 is 0 Å². The minimum atomic E-state index is -1.75. The number of fused-ring (bicyclic) bond motifs is 2. The van der Waals surface area contributed by atoms with E-state index < -0.39 is 23.2 Å². The predicted molar refractivity (Wildman–Crippen MR) is 89.5 cm³/mol. The number of amides is 1.